The maximum absolute atomic E-state index is 11.8. The van der Waals surface area contributed by atoms with Crippen LogP contribution in [-0.4, -0.2) is 42.8 Å². The van der Waals surface area contributed by atoms with E-state index in [0.29, 0.717) is 0 Å². The van der Waals surface area contributed by atoms with E-state index in [4.69, 9.17) is 10.5 Å². The summed E-state index contributed by atoms with van der Waals surface area (Å²) in [7, 11) is 1.66. The van der Waals surface area contributed by atoms with Crippen molar-refractivity contribution in [1.82, 2.24) is 4.90 Å². The van der Waals surface area contributed by atoms with Gasteiger partial charge in [-0.05, 0) is 30.8 Å². The van der Waals surface area contributed by atoms with E-state index in [2.05, 4.69) is 37.0 Å². The molecule has 0 aromatic heterocycles. The molecule has 0 aliphatic carbocycles. The first-order valence-electron chi connectivity index (χ1n) is 7.63. The van der Waals surface area contributed by atoms with Gasteiger partial charge in [0, 0.05) is 16.7 Å². The second-order valence-electron chi connectivity index (χ2n) is 5.29. The van der Waals surface area contributed by atoms with Gasteiger partial charge in [0.25, 0.3) is 0 Å². The quantitative estimate of drug-likeness (QED) is 0.875. The fraction of sp³-hybridized carbons (Fsp3) is 0.471. The summed E-state index contributed by atoms with van der Waals surface area (Å²) in [6.45, 7) is 6.04. The highest BCUT2D eigenvalue weighted by molar-refractivity contribution is 8.08. The predicted octanol–water partition coefficient (Wildman–Crippen LogP) is 2.59. The van der Waals surface area contributed by atoms with E-state index < -0.39 is 0 Å². The lowest BCUT2D eigenvalue weighted by Gasteiger charge is -2.35. The smallest absolute Gasteiger partial charge is 0.223 e. The van der Waals surface area contributed by atoms with Crippen LogP contribution in [0.4, 0.5) is 0 Å². The van der Waals surface area contributed by atoms with Crippen molar-refractivity contribution in [2.24, 2.45) is 11.7 Å². The Morgan fingerprint density at radius 3 is 2.45 bits per heavy atom. The van der Waals surface area contributed by atoms with Crippen molar-refractivity contribution in [3.8, 4) is 5.75 Å². The molecule has 1 heterocycles. The first-order chi connectivity index (χ1) is 10.6. The molecule has 1 aliphatic heterocycles. The predicted molar refractivity (Wildman–Crippen MR) is 92.8 cm³/mol. The number of nitrogens with zero attached hydrogens (tertiary/aromatic N) is 1. The van der Waals surface area contributed by atoms with E-state index in [-0.39, 0.29) is 17.9 Å². The third-order valence-corrected chi connectivity index (χ3v) is 5.34. The van der Waals surface area contributed by atoms with E-state index in [1.165, 1.54) is 4.91 Å². The van der Waals surface area contributed by atoms with Crippen LogP contribution in [0.15, 0.2) is 30.3 Å². The van der Waals surface area contributed by atoms with Gasteiger partial charge in [-0.15, -0.1) is 11.8 Å². The number of rotatable bonds is 6. The van der Waals surface area contributed by atoms with Gasteiger partial charge in [0.1, 0.15) is 5.75 Å². The third kappa shape index (κ3) is 3.65. The first kappa shape index (κ1) is 16.9. The van der Waals surface area contributed by atoms with Crippen molar-refractivity contribution >= 4 is 22.6 Å². The molecule has 0 radical (unpaired) electrons. The van der Waals surface area contributed by atoms with Crippen LogP contribution >= 0.6 is 11.8 Å². The summed E-state index contributed by atoms with van der Waals surface area (Å²) in [5.41, 5.74) is 6.76. The fourth-order valence-electron chi connectivity index (χ4n) is 2.79. The number of benzene rings is 1. The molecule has 0 saturated carbocycles. The Balaban J connectivity index is 2.31. The highest BCUT2D eigenvalue weighted by Crippen LogP contribution is 2.37. The SMILES string of the molecule is CCN(CC)C1C=C(c2ccc(OC)cc2)SCC1C(N)=O. The van der Waals surface area contributed by atoms with Gasteiger partial charge in [-0.2, -0.15) is 0 Å². The van der Waals surface area contributed by atoms with Crippen LogP contribution in [0.2, 0.25) is 0 Å². The summed E-state index contributed by atoms with van der Waals surface area (Å²) in [5.74, 6) is 1.23. The third-order valence-electron chi connectivity index (χ3n) is 4.13. The molecule has 1 aliphatic rings. The zero-order valence-electron chi connectivity index (χ0n) is 13.4. The second kappa shape index (κ2) is 7.70. The molecule has 4 nitrogen and oxygen atoms in total. The number of hydrogen-bond donors (Lipinski definition) is 1. The Kier molecular flexibility index (Phi) is 5.91. The minimum Gasteiger partial charge on any atom is -0.497 e. The summed E-state index contributed by atoms with van der Waals surface area (Å²) in [6.07, 6.45) is 2.19. The Labute approximate surface area is 136 Å². The summed E-state index contributed by atoms with van der Waals surface area (Å²) in [5, 5.41) is 0. The summed E-state index contributed by atoms with van der Waals surface area (Å²) >= 11 is 1.70. The number of hydrogen-bond acceptors (Lipinski definition) is 4. The molecule has 22 heavy (non-hydrogen) atoms. The van der Waals surface area contributed by atoms with Crippen LogP contribution in [0.1, 0.15) is 19.4 Å². The van der Waals surface area contributed by atoms with Gasteiger partial charge >= 0.3 is 0 Å². The number of nitrogens with two attached hydrogens (primary N) is 1. The Morgan fingerprint density at radius 2 is 1.95 bits per heavy atom. The van der Waals surface area contributed by atoms with Crippen LogP contribution in [0.3, 0.4) is 0 Å². The van der Waals surface area contributed by atoms with E-state index in [1.54, 1.807) is 18.9 Å². The lowest BCUT2D eigenvalue weighted by atomic mass is 9.97. The van der Waals surface area contributed by atoms with Crippen molar-refractivity contribution in [3.05, 3.63) is 35.9 Å². The molecule has 1 aromatic carbocycles. The highest BCUT2D eigenvalue weighted by Gasteiger charge is 2.32. The van der Waals surface area contributed by atoms with Gasteiger partial charge in [-0.3, -0.25) is 9.69 Å². The average Bonchev–Trinajstić information content (AvgIpc) is 2.56. The first-order valence-corrected chi connectivity index (χ1v) is 8.61. The molecule has 0 saturated heterocycles. The van der Waals surface area contributed by atoms with E-state index in [0.717, 1.165) is 30.2 Å². The number of carbonyl (C=O) groups is 1. The number of methoxy groups -OCH3 is 1. The summed E-state index contributed by atoms with van der Waals surface area (Å²) < 4.78 is 5.20. The van der Waals surface area contributed by atoms with Gasteiger partial charge in [0.2, 0.25) is 5.91 Å². The maximum atomic E-state index is 11.8. The van der Waals surface area contributed by atoms with Crippen LogP contribution in [0, 0.1) is 5.92 Å². The van der Waals surface area contributed by atoms with Crippen LogP contribution < -0.4 is 10.5 Å². The number of amides is 1. The van der Waals surface area contributed by atoms with Crippen molar-refractivity contribution in [1.29, 1.82) is 0 Å². The minimum atomic E-state index is -0.213. The molecule has 0 bridgehead atoms. The van der Waals surface area contributed by atoms with E-state index in [9.17, 15) is 4.79 Å². The van der Waals surface area contributed by atoms with Crippen LogP contribution in [-0.2, 0) is 4.79 Å². The Bertz CT molecular complexity index is 538. The second-order valence-corrected chi connectivity index (χ2v) is 6.35. The molecule has 2 rings (SSSR count). The zero-order chi connectivity index (χ0) is 16.1. The highest BCUT2D eigenvalue weighted by atomic mass is 32.2. The molecule has 2 unspecified atom stereocenters. The number of likely N-dealkylation sites (N-methyl/N-ethyl adjacent to an activating group) is 1. The number of ether oxygens (including phenoxy) is 1. The summed E-state index contributed by atoms with van der Waals surface area (Å²) in [6, 6.07) is 8.11. The standard InChI is InChI=1S/C17H24N2O2S/c1-4-19(5-2)15-10-16(22-11-14(15)17(18)20)12-6-8-13(21-3)9-7-12/h6-10,14-15H,4-5,11H2,1-3H3,(H2,18,20). The Morgan fingerprint density at radius 1 is 1.32 bits per heavy atom. The van der Waals surface area contributed by atoms with Gasteiger partial charge in [-0.1, -0.05) is 32.1 Å². The maximum Gasteiger partial charge on any atom is 0.223 e. The van der Waals surface area contributed by atoms with E-state index in [1.807, 2.05) is 12.1 Å². The zero-order valence-corrected chi connectivity index (χ0v) is 14.2. The molecular formula is C17H24N2O2S. The number of primary amides is 1. The Hall–Kier alpha value is -1.46. The average molecular weight is 320 g/mol. The van der Waals surface area contributed by atoms with Crippen LogP contribution in [0.5, 0.6) is 5.75 Å². The molecule has 0 fully saturated rings. The molecule has 5 heteroatoms. The largest absolute Gasteiger partial charge is 0.497 e. The van der Waals surface area contributed by atoms with Crippen molar-refractivity contribution < 1.29 is 9.53 Å². The monoisotopic (exact) mass is 320 g/mol. The lowest BCUT2D eigenvalue weighted by Crippen LogP contribution is -2.46. The number of carbonyl (C=O) groups excluding carboxylic acids is 1. The minimum absolute atomic E-state index is 0.0749. The topological polar surface area (TPSA) is 55.6 Å². The number of thioether (sulfide) groups is 1. The molecule has 1 aromatic rings. The van der Waals surface area contributed by atoms with Crippen molar-refractivity contribution in [2.45, 2.75) is 19.9 Å². The van der Waals surface area contributed by atoms with Crippen molar-refractivity contribution in [2.75, 3.05) is 26.0 Å². The van der Waals surface area contributed by atoms with Crippen LogP contribution in [0.25, 0.3) is 4.91 Å². The van der Waals surface area contributed by atoms with Crippen molar-refractivity contribution in [3.63, 3.8) is 0 Å². The molecule has 2 N–H and O–H groups in total. The van der Waals surface area contributed by atoms with Gasteiger partial charge in [-0.25, -0.2) is 0 Å². The fourth-order valence-corrected chi connectivity index (χ4v) is 4.05. The van der Waals surface area contributed by atoms with Gasteiger partial charge in [0.05, 0.1) is 13.0 Å². The molecule has 0 spiro atoms. The normalized spacial score (nSPS) is 21.5. The van der Waals surface area contributed by atoms with E-state index >= 15 is 0 Å². The molecule has 2 atom stereocenters. The van der Waals surface area contributed by atoms with Gasteiger partial charge in [0.15, 0.2) is 0 Å². The molecular weight excluding hydrogens is 296 g/mol. The summed E-state index contributed by atoms with van der Waals surface area (Å²) in [4.78, 5) is 15.3. The molecule has 1 amide bonds. The molecule has 120 valence electrons. The van der Waals surface area contributed by atoms with Gasteiger partial charge < -0.3 is 10.5 Å². The lowest BCUT2D eigenvalue weighted by molar-refractivity contribution is -0.122.